The quantitative estimate of drug-likeness (QED) is 0.245. The fourth-order valence-corrected chi connectivity index (χ4v) is 3.33. The van der Waals surface area contributed by atoms with Crippen LogP contribution in [0.1, 0.15) is 11.1 Å². The summed E-state index contributed by atoms with van der Waals surface area (Å²) in [4.78, 5) is 44.2. The van der Waals surface area contributed by atoms with Gasteiger partial charge in [0.2, 0.25) is 0 Å². The normalized spacial score (nSPS) is 11.9. The maximum absolute atomic E-state index is 11.3. The van der Waals surface area contributed by atoms with Crippen LogP contribution in [-0.2, 0) is 32.0 Å². The molecule has 0 saturated carbocycles. The molecule has 35 heavy (non-hydrogen) atoms. The third-order valence-electron chi connectivity index (χ3n) is 4.43. The first kappa shape index (κ1) is 32.5. The van der Waals surface area contributed by atoms with Crippen molar-refractivity contribution in [3.05, 3.63) is 68.6 Å². The van der Waals surface area contributed by atoms with E-state index in [4.69, 9.17) is 21.1 Å². The highest BCUT2D eigenvalue weighted by Crippen LogP contribution is 2.15. The third kappa shape index (κ3) is 13.2. The number of hydrogen-bond donors (Lipinski definition) is 5. The molecule has 2 rings (SSSR count). The average molecular weight is 641 g/mol. The van der Waals surface area contributed by atoms with Crippen molar-refractivity contribution < 1.29 is 39.6 Å². The Hall–Kier alpha value is -2.51. The Kier molecular flexibility index (Phi) is 15.1. The van der Waals surface area contributed by atoms with E-state index in [0.717, 1.165) is 19.4 Å². The fraction of sp³-hybridized carbons (Fsp3) is 0.273. The van der Waals surface area contributed by atoms with Crippen LogP contribution in [-0.4, -0.2) is 74.4 Å². The van der Waals surface area contributed by atoms with Crippen LogP contribution in [0.25, 0.3) is 0 Å². The van der Waals surface area contributed by atoms with E-state index in [9.17, 15) is 24.3 Å². The summed E-state index contributed by atoms with van der Waals surface area (Å²) in [6, 6.07) is 12.2. The van der Waals surface area contributed by atoms with E-state index in [1.165, 1.54) is 0 Å². The van der Waals surface area contributed by atoms with E-state index in [1.54, 1.807) is 24.3 Å². The molecular weight excluding hydrogens is 616 g/mol. The van der Waals surface area contributed by atoms with Gasteiger partial charge in [0, 0.05) is 8.95 Å². The SMILES string of the molecule is Cl.NC(Cc1ccc(Br)cc1)C(=O)O.O=C(O)CN(CC(=O)O)C(Cc1ccc(Br)cc1)C(=O)O. The number of carbonyl (C=O) groups is 4. The number of carboxylic acid groups (broad SMARTS) is 4. The maximum Gasteiger partial charge on any atom is 0.321 e. The maximum atomic E-state index is 11.3. The molecule has 2 aromatic carbocycles. The lowest BCUT2D eigenvalue weighted by Gasteiger charge is -2.25. The van der Waals surface area contributed by atoms with Gasteiger partial charge >= 0.3 is 23.9 Å². The predicted molar refractivity (Wildman–Crippen MR) is 137 cm³/mol. The van der Waals surface area contributed by atoms with Crippen molar-refractivity contribution in [2.75, 3.05) is 13.1 Å². The van der Waals surface area contributed by atoms with Crippen LogP contribution in [0.3, 0.4) is 0 Å². The first-order valence-electron chi connectivity index (χ1n) is 9.76. The Morgan fingerprint density at radius 1 is 0.714 bits per heavy atom. The highest BCUT2D eigenvalue weighted by molar-refractivity contribution is 9.10. The molecule has 0 aliphatic heterocycles. The van der Waals surface area contributed by atoms with Gasteiger partial charge < -0.3 is 26.2 Å². The third-order valence-corrected chi connectivity index (χ3v) is 5.49. The van der Waals surface area contributed by atoms with Gasteiger partial charge in [-0.2, -0.15) is 0 Å². The lowest BCUT2D eigenvalue weighted by molar-refractivity contribution is -0.149. The smallest absolute Gasteiger partial charge is 0.321 e. The topological polar surface area (TPSA) is 178 Å². The zero-order chi connectivity index (χ0) is 25.8. The minimum Gasteiger partial charge on any atom is -0.480 e. The monoisotopic (exact) mass is 638 g/mol. The van der Waals surface area contributed by atoms with Gasteiger partial charge in [-0.05, 0) is 48.2 Å². The Labute approximate surface area is 224 Å². The van der Waals surface area contributed by atoms with Crippen molar-refractivity contribution >= 4 is 68.1 Å². The fourth-order valence-electron chi connectivity index (χ4n) is 2.80. The van der Waals surface area contributed by atoms with E-state index in [-0.39, 0.29) is 18.8 Å². The summed E-state index contributed by atoms with van der Waals surface area (Å²) < 4.78 is 1.80. The Morgan fingerprint density at radius 3 is 1.40 bits per heavy atom. The molecule has 0 spiro atoms. The molecule has 192 valence electrons. The molecule has 0 aliphatic carbocycles. The van der Waals surface area contributed by atoms with Crippen LogP contribution in [0.2, 0.25) is 0 Å². The van der Waals surface area contributed by atoms with Gasteiger partial charge in [-0.1, -0.05) is 56.1 Å². The van der Waals surface area contributed by atoms with Crippen molar-refractivity contribution in [2.24, 2.45) is 5.73 Å². The molecule has 2 unspecified atom stereocenters. The molecular formula is C22H25Br2ClN2O8. The van der Waals surface area contributed by atoms with Gasteiger partial charge in [0.05, 0.1) is 13.1 Å². The van der Waals surface area contributed by atoms with Gasteiger partial charge in [0.1, 0.15) is 12.1 Å². The number of benzene rings is 2. The highest BCUT2D eigenvalue weighted by atomic mass is 79.9. The second-order valence-electron chi connectivity index (χ2n) is 7.15. The molecule has 2 atom stereocenters. The molecule has 0 fully saturated rings. The van der Waals surface area contributed by atoms with Crippen LogP contribution in [0, 0.1) is 0 Å². The van der Waals surface area contributed by atoms with Crippen LogP contribution in [0.5, 0.6) is 0 Å². The number of hydrogen-bond acceptors (Lipinski definition) is 6. The molecule has 0 saturated heterocycles. The average Bonchev–Trinajstić information content (AvgIpc) is 2.74. The largest absolute Gasteiger partial charge is 0.480 e. The number of aliphatic carboxylic acids is 4. The number of nitrogens with zero attached hydrogens (tertiary/aromatic N) is 1. The van der Waals surface area contributed by atoms with Crippen LogP contribution >= 0.6 is 44.3 Å². The van der Waals surface area contributed by atoms with E-state index < -0.39 is 49.1 Å². The lowest BCUT2D eigenvalue weighted by atomic mass is 10.0. The Balaban J connectivity index is 0.000000711. The Bertz CT molecular complexity index is 974. The zero-order valence-corrected chi connectivity index (χ0v) is 22.2. The lowest BCUT2D eigenvalue weighted by Crippen LogP contribution is -2.47. The molecule has 2 aromatic rings. The zero-order valence-electron chi connectivity index (χ0n) is 18.2. The summed E-state index contributed by atoms with van der Waals surface area (Å²) in [6.07, 6.45) is 0.381. The number of rotatable bonds is 11. The minimum absolute atomic E-state index is 0. The molecule has 13 heteroatoms. The van der Waals surface area contributed by atoms with Gasteiger partial charge in [-0.15, -0.1) is 12.4 Å². The van der Waals surface area contributed by atoms with E-state index in [0.29, 0.717) is 12.0 Å². The van der Waals surface area contributed by atoms with E-state index >= 15 is 0 Å². The van der Waals surface area contributed by atoms with Crippen molar-refractivity contribution in [1.29, 1.82) is 0 Å². The van der Waals surface area contributed by atoms with Crippen molar-refractivity contribution in [1.82, 2.24) is 4.90 Å². The molecule has 0 aromatic heterocycles. The number of nitrogens with two attached hydrogens (primary N) is 1. The first-order chi connectivity index (χ1) is 15.9. The van der Waals surface area contributed by atoms with Crippen LogP contribution in [0.4, 0.5) is 0 Å². The van der Waals surface area contributed by atoms with E-state index in [1.807, 2.05) is 24.3 Å². The summed E-state index contributed by atoms with van der Waals surface area (Å²) in [5.41, 5.74) is 6.98. The van der Waals surface area contributed by atoms with Crippen LogP contribution < -0.4 is 5.73 Å². The molecule has 10 nitrogen and oxygen atoms in total. The first-order valence-corrected chi connectivity index (χ1v) is 11.3. The summed E-state index contributed by atoms with van der Waals surface area (Å²) in [5, 5.41) is 35.4. The van der Waals surface area contributed by atoms with Gasteiger partial charge in [-0.25, -0.2) is 0 Å². The molecule has 0 amide bonds. The number of carboxylic acids is 4. The summed E-state index contributed by atoms with van der Waals surface area (Å²) in [7, 11) is 0. The molecule has 0 bridgehead atoms. The molecule has 0 radical (unpaired) electrons. The van der Waals surface area contributed by atoms with Crippen molar-refractivity contribution in [3.63, 3.8) is 0 Å². The summed E-state index contributed by atoms with van der Waals surface area (Å²) in [6.45, 7) is -1.31. The molecule has 0 heterocycles. The van der Waals surface area contributed by atoms with Gasteiger partial charge in [0.15, 0.2) is 0 Å². The van der Waals surface area contributed by atoms with Crippen molar-refractivity contribution in [2.45, 2.75) is 24.9 Å². The van der Waals surface area contributed by atoms with Crippen LogP contribution in [0.15, 0.2) is 57.5 Å². The second-order valence-corrected chi connectivity index (χ2v) is 8.98. The molecule has 0 aliphatic rings. The predicted octanol–water partition coefficient (Wildman–Crippen LogP) is 2.74. The summed E-state index contributed by atoms with van der Waals surface area (Å²) >= 11 is 6.55. The van der Waals surface area contributed by atoms with Crippen molar-refractivity contribution in [3.8, 4) is 0 Å². The standard InChI is InChI=1S/C13H14BrNO6.C9H10BrNO2.ClH/c14-9-3-1-8(2-4-9)5-10(13(20)21)15(6-11(16)17)7-12(18)19;10-7-3-1-6(2-4-7)5-8(11)9(12)13;/h1-4,10H,5-7H2,(H,16,17)(H,18,19)(H,20,21);1-4,8H,5,11H2,(H,12,13);1H. The number of halogens is 3. The Morgan fingerprint density at radius 2 is 1.09 bits per heavy atom. The molecule has 6 N–H and O–H groups in total. The minimum atomic E-state index is -1.28. The van der Waals surface area contributed by atoms with E-state index in [2.05, 4.69) is 31.9 Å². The van der Waals surface area contributed by atoms with Gasteiger partial charge in [0.25, 0.3) is 0 Å². The summed E-state index contributed by atoms with van der Waals surface area (Å²) in [5.74, 6) is -4.79. The highest BCUT2D eigenvalue weighted by Gasteiger charge is 2.29. The second kappa shape index (κ2) is 16.2. The van der Waals surface area contributed by atoms with Gasteiger partial charge in [-0.3, -0.25) is 24.1 Å².